The first-order valence-corrected chi connectivity index (χ1v) is 5.28. The van der Waals surface area contributed by atoms with E-state index in [-0.39, 0.29) is 6.42 Å². The van der Waals surface area contributed by atoms with Gasteiger partial charge < -0.3 is 9.52 Å². The first-order valence-electron chi connectivity index (χ1n) is 5.28. The molecule has 0 fully saturated rings. The molecule has 0 amide bonds. The van der Waals surface area contributed by atoms with Gasteiger partial charge in [-0.1, -0.05) is 6.07 Å². The Bertz CT molecular complexity index is 480. The van der Waals surface area contributed by atoms with Crippen LogP contribution in [0.15, 0.2) is 41.2 Å². The van der Waals surface area contributed by atoms with Gasteiger partial charge in [0, 0.05) is 6.42 Å². The second-order valence-corrected chi connectivity index (χ2v) is 3.94. The molecule has 0 bridgehead atoms. The largest absolute Gasteiger partial charge is 0.472 e. The van der Waals surface area contributed by atoms with Gasteiger partial charge in [0.2, 0.25) is 0 Å². The van der Waals surface area contributed by atoms with E-state index in [1.165, 1.54) is 12.3 Å². The van der Waals surface area contributed by atoms with Crippen LogP contribution in [0.2, 0.25) is 0 Å². The molecule has 1 heterocycles. The first-order chi connectivity index (χ1) is 8.15. The Morgan fingerprint density at radius 1 is 1.06 bits per heavy atom. The van der Waals surface area contributed by atoms with Crippen LogP contribution in [0.5, 0.6) is 0 Å². The summed E-state index contributed by atoms with van der Waals surface area (Å²) >= 11 is 0. The van der Waals surface area contributed by atoms with Gasteiger partial charge >= 0.3 is 0 Å². The zero-order chi connectivity index (χ0) is 12.3. The van der Waals surface area contributed by atoms with E-state index in [0.717, 1.165) is 17.7 Å². The highest BCUT2D eigenvalue weighted by molar-refractivity contribution is 5.19. The van der Waals surface area contributed by atoms with Gasteiger partial charge in [-0.2, -0.15) is 0 Å². The van der Waals surface area contributed by atoms with Crippen LogP contribution in [0.3, 0.4) is 0 Å². The number of benzene rings is 1. The van der Waals surface area contributed by atoms with Crippen LogP contribution in [-0.4, -0.2) is 11.2 Å². The molecule has 1 N–H and O–H groups in total. The summed E-state index contributed by atoms with van der Waals surface area (Å²) in [6.45, 7) is 0. The molecule has 4 heteroatoms. The average Bonchev–Trinajstić information content (AvgIpc) is 2.76. The highest BCUT2D eigenvalue weighted by Crippen LogP contribution is 2.13. The van der Waals surface area contributed by atoms with Gasteiger partial charge in [0.25, 0.3) is 0 Å². The summed E-state index contributed by atoms with van der Waals surface area (Å²) in [5.74, 6) is -1.77. The van der Waals surface area contributed by atoms with Crippen molar-refractivity contribution >= 4 is 0 Å². The summed E-state index contributed by atoms with van der Waals surface area (Å²) in [4.78, 5) is 0. The van der Waals surface area contributed by atoms with Crippen molar-refractivity contribution in [3.63, 3.8) is 0 Å². The summed E-state index contributed by atoms with van der Waals surface area (Å²) in [6, 6.07) is 5.40. The minimum Gasteiger partial charge on any atom is -0.472 e. The van der Waals surface area contributed by atoms with Crippen LogP contribution in [0, 0.1) is 11.6 Å². The molecule has 90 valence electrons. The van der Waals surface area contributed by atoms with Gasteiger partial charge in [-0.25, -0.2) is 8.78 Å². The molecule has 1 unspecified atom stereocenters. The molecule has 2 nitrogen and oxygen atoms in total. The Labute approximate surface area is 97.5 Å². The second-order valence-electron chi connectivity index (χ2n) is 3.94. The highest BCUT2D eigenvalue weighted by atomic mass is 19.2. The first kappa shape index (κ1) is 11.8. The Morgan fingerprint density at radius 2 is 1.82 bits per heavy atom. The van der Waals surface area contributed by atoms with Crippen molar-refractivity contribution < 1.29 is 18.3 Å². The predicted octanol–water partition coefficient (Wildman–Crippen LogP) is 2.70. The Kier molecular flexibility index (Phi) is 3.54. The predicted molar refractivity (Wildman–Crippen MR) is 58.5 cm³/mol. The van der Waals surface area contributed by atoms with Crippen molar-refractivity contribution in [3.8, 4) is 0 Å². The van der Waals surface area contributed by atoms with Crippen molar-refractivity contribution in [1.29, 1.82) is 0 Å². The number of hydrogen-bond acceptors (Lipinski definition) is 2. The van der Waals surface area contributed by atoms with Gasteiger partial charge in [0.05, 0.1) is 18.6 Å². The number of rotatable bonds is 4. The van der Waals surface area contributed by atoms with Gasteiger partial charge in [0.15, 0.2) is 11.6 Å². The second kappa shape index (κ2) is 5.10. The fraction of sp³-hybridized carbons (Fsp3) is 0.231. The molecule has 1 aromatic carbocycles. The van der Waals surface area contributed by atoms with E-state index in [2.05, 4.69) is 0 Å². The molecular formula is C13H12F2O2. The van der Waals surface area contributed by atoms with E-state index in [1.807, 2.05) is 0 Å². The topological polar surface area (TPSA) is 33.4 Å². The van der Waals surface area contributed by atoms with Crippen LogP contribution in [-0.2, 0) is 12.8 Å². The lowest BCUT2D eigenvalue weighted by atomic mass is 10.0. The average molecular weight is 238 g/mol. The van der Waals surface area contributed by atoms with Crippen LogP contribution in [0.1, 0.15) is 11.1 Å². The standard InChI is InChI=1S/C13H12F2O2/c14-12-2-1-9(7-13(12)15)5-11(16)6-10-3-4-17-8-10/h1-4,7-8,11,16H,5-6H2. The Balaban J connectivity index is 1.98. The van der Waals surface area contributed by atoms with Gasteiger partial charge in [0.1, 0.15) is 0 Å². The van der Waals surface area contributed by atoms with Crippen LogP contribution in [0.4, 0.5) is 8.78 Å². The van der Waals surface area contributed by atoms with E-state index in [0.29, 0.717) is 12.0 Å². The normalized spacial score (nSPS) is 12.6. The summed E-state index contributed by atoms with van der Waals surface area (Å²) in [5.41, 5.74) is 1.44. The molecule has 0 aliphatic rings. The van der Waals surface area contributed by atoms with Crippen molar-refractivity contribution in [2.45, 2.75) is 18.9 Å². The highest BCUT2D eigenvalue weighted by Gasteiger charge is 2.09. The fourth-order valence-electron chi connectivity index (χ4n) is 1.69. The summed E-state index contributed by atoms with van der Waals surface area (Å²) in [5, 5.41) is 9.78. The lowest BCUT2D eigenvalue weighted by molar-refractivity contribution is 0.175. The quantitative estimate of drug-likeness (QED) is 0.888. The number of halogens is 2. The number of aliphatic hydroxyl groups is 1. The van der Waals surface area contributed by atoms with Gasteiger partial charge in [-0.3, -0.25) is 0 Å². The maximum atomic E-state index is 12.9. The molecule has 0 saturated heterocycles. The minimum absolute atomic E-state index is 0.280. The van der Waals surface area contributed by atoms with E-state index in [1.54, 1.807) is 12.3 Å². The fourth-order valence-corrected chi connectivity index (χ4v) is 1.69. The smallest absolute Gasteiger partial charge is 0.159 e. The SMILES string of the molecule is OC(Cc1ccoc1)Cc1ccc(F)c(F)c1. The van der Waals surface area contributed by atoms with Gasteiger partial charge in [-0.05, 0) is 35.7 Å². The lowest BCUT2D eigenvalue weighted by Crippen LogP contribution is -2.13. The van der Waals surface area contributed by atoms with E-state index in [9.17, 15) is 13.9 Å². The third kappa shape index (κ3) is 3.14. The summed E-state index contributed by atoms with van der Waals surface area (Å²) in [7, 11) is 0. The number of aliphatic hydroxyl groups excluding tert-OH is 1. The van der Waals surface area contributed by atoms with Crippen LogP contribution >= 0.6 is 0 Å². The van der Waals surface area contributed by atoms with Crippen molar-refractivity contribution in [3.05, 3.63) is 59.6 Å². The zero-order valence-electron chi connectivity index (χ0n) is 9.07. The number of furan rings is 1. The molecule has 0 aliphatic carbocycles. The van der Waals surface area contributed by atoms with E-state index >= 15 is 0 Å². The van der Waals surface area contributed by atoms with Crippen molar-refractivity contribution in [2.24, 2.45) is 0 Å². The monoisotopic (exact) mass is 238 g/mol. The maximum Gasteiger partial charge on any atom is 0.159 e. The third-order valence-electron chi connectivity index (χ3n) is 2.51. The maximum absolute atomic E-state index is 12.9. The van der Waals surface area contributed by atoms with Crippen LogP contribution in [0.25, 0.3) is 0 Å². The molecule has 0 spiro atoms. The molecule has 1 atom stereocenters. The Hall–Kier alpha value is -1.68. The lowest BCUT2D eigenvalue weighted by Gasteiger charge is -2.09. The number of hydrogen-bond donors (Lipinski definition) is 1. The molecule has 17 heavy (non-hydrogen) atoms. The zero-order valence-corrected chi connectivity index (χ0v) is 9.07. The molecule has 0 radical (unpaired) electrons. The van der Waals surface area contributed by atoms with E-state index in [4.69, 9.17) is 4.42 Å². The molecule has 2 rings (SSSR count). The van der Waals surface area contributed by atoms with Crippen molar-refractivity contribution in [2.75, 3.05) is 0 Å². The molecular weight excluding hydrogens is 226 g/mol. The molecule has 2 aromatic rings. The third-order valence-corrected chi connectivity index (χ3v) is 2.51. The van der Waals surface area contributed by atoms with Crippen molar-refractivity contribution in [1.82, 2.24) is 0 Å². The molecule has 0 saturated carbocycles. The summed E-state index contributed by atoms with van der Waals surface area (Å²) in [6.07, 6.45) is 3.14. The minimum atomic E-state index is -0.891. The molecule has 1 aromatic heterocycles. The van der Waals surface area contributed by atoms with Crippen LogP contribution < -0.4 is 0 Å². The molecule has 0 aliphatic heterocycles. The summed E-state index contributed by atoms with van der Waals surface area (Å²) < 4.78 is 30.5. The van der Waals surface area contributed by atoms with Gasteiger partial charge in [-0.15, -0.1) is 0 Å². The van der Waals surface area contributed by atoms with E-state index < -0.39 is 17.7 Å². The Morgan fingerprint density at radius 3 is 2.47 bits per heavy atom.